The number of methoxy groups -OCH3 is 1. The summed E-state index contributed by atoms with van der Waals surface area (Å²) in [4.78, 5) is 13.7. The summed E-state index contributed by atoms with van der Waals surface area (Å²) in [5.74, 6) is 1.29. The molecule has 1 aliphatic rings. The summed E-state index contributed by atoms with van der Waals surface area (Å²) in [5, 5.41) is 0.0834. The van der Waals surface area contributed by atoms with E-state index in [0.29, 0.717) is 35.1 Å². The molecule has 1 fully saturated rings. The van der Waals surface area contributed by atoms with Gasteiger partial charge in [0.2, 0.25) is 0 Å². The van der Waals surface area contributed by atoms with Crippen LogP contribution < -0.4 is 14.9 Å². The number of rotatable bonds is 6. The molecule has 1 aromatic heterocycles. The van der Waals surface area contributed by atoms with E-state index in [4.69, 9.17) is 9.47 Å². The molecule has 0 atom stereocenters. The number of halogens is 1. The lowest BCUT2D eigenvalue weighted by molar-refractivity contribution is 0.114. The van der Waals surface area contributed by atoms with Gasteiger partial charge in [-0.05, 0) is 59.4 Å². The summed E-state index contributed by atoms with van der Waals surface area (Å²) in [5.41, 5.74) is 1.07. The van der Waals surface area contributed by atoms with Crippen LogP contribution in [-0.2, 0) is 0 Å². The third kappa shape index (κ3) is 4.70. The van der Waals surface area contributed by atoms with E-state index >= 15 is 4.39 Å². The highest BCUT2D eigenvalue weighted by Crippen LogP contribution is 2.47. The Morgan fingerprint density at radius 2 is 1.62 bits per heavy atom. The minimum absolute atomic E-state index is 0.0369. The molecule has 182 valence electrons. The van der Waals surface area contributed by atoms with Gasteiger partial charge in [0.15, 0.2) is 5.43 Å². The highest BCUT2D eigenvalue weighted by atomic mass is 19.1. The molecule has 0 N–H and O–H groups in total. The molecular formula is C29H36FNO3. The molecule has 0 spiro atoms. The number of ether oxygens (including phenoxy) is 2. The van der Waals surface area contributed by atoms with Gasteiger partial charge in [-0.1, -0.05) is 53.7 Å². The zero-order chi connectivity index (χ0) is 24.8. The smallest absolute Gasteiger partial charge is 0.200 e. The van der Waals surface area contributed by atoms with E-state index in [-0.39, 0.29) is 27.7 Å². The van der Waals surface area contributed by atoms with Gasteiger partial charge in [-0.15, -0.1) is 0 Å². The molecule has 0 saturated heterocycles. The second-order valence-corrected chi connectivity index (χ2v) is 11.7. The average molecular weight is 466 g/mol. The van der Waals surface area contributed by atoms with E-state index in [9.17, 15) is 4.79 Å². The van der Waals surface area contributed by atoms with Gasteiger partial charge in [0.25, 0.3) is 0 Å². The van der Waals surface area contributed by atoms with E-state index in [1.807, 2.05) is 30.5 Å². The zero-order valence-corrected chi connectivity index (χ0v) is 21.4. The maximum atomic E-state index is 15.4. The SMILES string of the molecule is COc1ccc(-c2cn(C(C(C)(C)C)C(C)(C)C)c3c(OCC4CC4)ccc(F)c3c2=O)cc1. The van der Waals surface area contributed by atoms with Gasteiger partial charge in [0.05, 0.1) is 24.6 Å². The fourth-order valence-corrected chi connectivity index (χ4v) is 5.34. The third-order valence-corrected chi connectivity index (χ3v) is 6.58. The quantitative estimate of drug-likeness (QED) is 0.385. The van der Waals surface area contributed by atoms with Crippen molar-refractivity contribution in [2.24, 2.45) is 16.7 Å². The molecule has 0 amide bonds. The number of nitrogens with zero attached hydrogens (tertiary/aromatic N) is 1. The number of aromatic nitrogens is 1. The second-order valence-electron chi connectivity index (χ2n) is 11.7. The van der Waals surface area contributed by atoms with Gasteiger partial charge in [-0.3, -0.25) is 4.79 Å². The van der Waals surface area contributed by atoms with E-state index in [1.165, 1.54) is 6.07 Å². The van der Waals surface area contributed by atoms with Crippen molar-refractivity contribution < 1.29 is 13.9 Å². The van der Waals surface area contributed by atoms with Crippen molar-refractivity contribution in [2.75, 3.05) is 13.7 Å². The first-order valence-electron chi connectivity index (χ1n) is 12.1. The summed E-state index contributed by atoms with van der Waals surface area (Å²) in [7, 11) is 1.60. The Kier molecular flexibility index (Phi) is 6.26. The van der Waals surface area contributed by atoms with Crippen LogP contribution in [0.3, 0.4) is 0 Å². The van der Waals surface area contributed by atoms with Gasteiger partial charge < -0.3 is 14.0 Å². The van der Waals surface area contributed by atoms with Crippen molar-refractivity contribution >= 4 is 10.9 Å². The molecule has 1 saturated carbocycles. The maximum Gasteiger partial charge on any atom is 0.200 e. The lowest BCUT2D eigenvalue weighted by atomic mass is 9.71. The predicted molar refractivity (Wildman–Crippen MR) is 136 cm³/mol. The van der Waals surface area contributed by atoms with Crippen LogP contribution in [0, 0.1) is 22.6 Å². The summed E-state index contributed by atoms with van der Waals surface area (Å²) in [6.45, 7) is 13.7. The molecule has 0 radical (unpaired) electrons. The van der Waals surface area contributed by atoms with Crippen molar-refractivity contribution in [2.45, 2.75) is 60.4 Å². The van der Waals surface area contributed by atoms with Gasteiger partial charge >= 0.3 is 0 Å². The Morgan fingerprint density at radius 3 is 2.15 bits per heavy atom. The molecule has 1 aliphatic carbocycles. The number of fused-ring (bicyclic) bond motifs is 1. The summed E-state index contributed by atoms with van der Waals surface area (Å²) < 4.78 is 29.0. The second kappa shape index (κ2) is 8.75. The van der Waals surface area contributed by atoms with Crippen LogP contribution in [0.15, 0.2) is 47.4 Å². The Labute approximate surface area is 201 Å². The number of benzene rings is 2. The van der Waals surface area contributed by atoms with E-state index in [2.05, 4.69) is 46.1 Å². The van der Waals surface area contributed by atoms with Crippen LogP contribution >= 0.6 is 0 Å². The molecule has 0 bridgehead atoms. The summed E-state index contributed by atoms with van der Waals surface area (Å²) in [6, 6.07) is 10.3. The maximum absolute atomic E-state index is 15.4. The first kappa shape index (κ1) is 24.3. The Morgan fingerprint density at radius 1 is 1.00 bits per heavy atom. The van der Waals surface area contributed by atoms with Crippen molar-refractivity contribution in [1.82, 2.24) is 4.57 Å². The molecule has 0 aliphatic heterocycles. The van der Waals surface area contributed by atoms with Gasteiger partial charge in [-0.25, -0.2) is 4.39 Å². The van der Waals surface area contributed by atoms with E-state index in [0.717, 1.165) is 18.4 Å². The molecule has 0 unspecified atom stereocenters. The molecule has 5 heteroatoms. The van der Waals surface area contributed by atoms with Crippen LogP contribution in [-0.4, -0.2) is 18.3 Å². The van der Waals surface area contributed by atoms with Crippen molar-refractivity contribution in [3.8, 4) is 22.6 Å². The molecule has 2 aromatic carbocycles. The Bertz CT molecular complexity index is 1230. The summed E-state index contributed by atoms with van der Waals surface area (Å²) in [6.07, 6.45) is 4.21. The van der Waals surface area contributed by atoms with Crippen LogP contribution in [0.4, 0.5) is 4.39 Å². The molecular weight excluding hydrogens is 429 g/mol. The lowest BCUT2D eigenvalue weighted by Gasteiger charge is -2.43. The predicted octanol–water partition coefficient (Wildman–Crippen LogP) is 7.24. The largest absolute Gasteiger partial charge is 0.497 e. The molecule has 3 aromatic rings. The fraction of sp³-hybridized carbons (Fsp3) is 0.483. The number of pyridine rings is 1. The Balaban J connectivity index is 2.06. The minimum Gasteiger partial charge on any atom is -0.497 e. The van der Waals surface area contributed by atoms with Gasteiger partial charge in [-0.2, -0.15) is 0 Å². The van der Waals surface area contributed by atoms with Crippen LogP contribution in [0.2, 0.25) is 0 Å². The lowest BCUT2D eigenvalue weighted by Crippen LogP contribution is -2.36. The summed E-state index contributed by atoms with van der Waals surface area (Å²) >= 11 is 0. The third-order valence-electron chi connectivity index (χ3n) is 6.58. The highest BCUT2D eigenvalue weighted by molar-refractivity contribution is 5.89. The normalized spacial score (nSPS) is 14.6. The minimum atomic E-state index is -0.524. The van der Waals surface area contributed by atoms with Gasteiger partial charge in [0, 0.05) is 17.8 Å². The van der Waals surface area contributed by atoms with E-state index < -0.39 is 5.82 Å². The van der Waals surface area contributed by atoms with Crippen molar-refractivity contribution in [1.29, 1.82) is 0 Å². The van der Waals surface area contributed by atoms with Gasteiger partial charge in [0.1, 0.15) is 17.3 Å². The number of hydrogen-bond donors (Lipinski definition) is 0. The standard InChI is InChI=1S/C29H36FNO3/c1-28(2,3)27(29(4,5)6)31-16-21(19-10-12-20(33-7)13-11-19)26(32)24-22(30)14-15-23(25(24)31)34-17-18-8-9-18/h10-16,18,27H,8-9,17H2,1-7H3. The zero-order valence-electron chi connectivity index (χ0n) is 21.4. The van der Waals surface area contributed by atoms with Crippen LogP contribution in [0.5, 0.6) is 11.5 Å². The van der Waals surface area contributed by atoms with Crippen molar-refractivity contribution in [3.63, 3.8) is 0 Å². The van der Waals surface area contributed by atoms with Crippen molar-refractivity contribution in [3.05, 3.63) is 58.6 Å². The van der Waals surface area contributed by atoms with Crippen LogP contribution in [0.1, 0.15) is 60.4 Å². The first-order chi connectivity index (χ1) is 15.9. The monoisotopic (exact) mass is 465 g/mol. The van der Waals surface area contributed by atoms with E-state index in [1.54, 1.807) is 13.2 Å². The topological polar surface area (TPSA) is 40.5 Å². The first-order valence-corrected chi connectivity index (χ1v) is 12.1. The molecule has 4 rings (SSSR count). The molecule has 1 heterocycles. The molecule has 34 heavy (non-hydrogen) atoms. The Hall–Kier alpha value is -2.82. The van der Waals surface area contributed by atoms with Crippen LogP contribution in [0.25, 0.3) is 22.0 Å². The molecule has 4 nitrogen and oxygen atoms in total. The highest BCUT2D eigenvalue weighted by Gasteiger charge is 2.38. The average Bonchev–Trinajstić information content (AvgIpc) is 3.57. The fourth-order valence-electron chi connectivity index (χ4n) is 5.34. The number of hydrogen-bond acceptors (Lipinski definition) is 3.